The van der Waals surface area contributed by atoms with Crippen LogP contribution in [-0.4, -0.2) is 18.1 Å². The van der Waals surface area contributed by atoms with Gasteiger partial charge >= 0.3 is 5.97 Å². The van der Waals surface area contributed by atoms with E-state index in [-0.39, 0.29) is 12.2 Å². The van der Waals surface area contributed by atoms with Gasteiger partial charge in [0.1, 0.15) is 23.7 Å². The first-order valence-corrected chi connectivity index (χ1v) is 5.80. The standard InChI is InChI=1S/C14H13FN2O3/c1-19-13-5-11(16)2-3-12(13)14(18)20-8-9-4-10(15)7-17-6-9/h2-7H,8,16H2,1H3. The molecular weight excluding hydrogens is 263 g/mol. The average molecular weight is 276 g/mol. The zero-order valence-electron chi connectivity index (χ0n) is 10.8. The summed E-state index contributed by atoms with van der Waals surface area (Å²) in [6.45, 7) is -0.0723. The fraction of sp³-hybridized carbons (Fsp3) is 0.143. The number of anilines is 1. The summed E-state index contributed by atoms with van der Waals surface area (Å²) in [5.74, 6) is -0.734. The Morgan fingerprint density at radius 3 is 2.85 bits per heavy atom. The zero-order valence-corrected chi connectivity index (χ0v) is 10.8. The van der Waals surface area contributed by atoms with Crippen LogP contribution in [0.3, 0.4) is 0 Å². The van der Waals surface area contributed by atoms with E-state index in [0.717, 1.165) is 6.20 Å². The molecular formula is C14H13FN2O3. The fourth-order valence-corrected chi connectivity index (χ4v) is 1.64. The molecule has 6 heteroatoms. The number of benzene rings is 1. The van der Waals surface area contributed by atoms with Crippen molar-refractivity contribution in [3.05, 3.63) is 53.6 Å². The predicted molar refractivity (Wildman–Crippen MR) is 70.7 cm³/mol. The average Bonchev–Trinajstić information content (AvgIpc) is 2.44. The molecule has 1 aromatic carbocycles. The first kappa shape index (κ1) is 13.8. The summed E-state index contributed by atoms with van der Waals surface area (Å²) in [6.07, 6.45) is 2.50. The second kappa shape index (κ2) is 6.01. The number of esters is 1. The van der Waals surface area contributed by atoms with Gasteiger partial charge in [0.15, 0.2) is 0 Å². The lowest BCUT2D eigenvalue weighted by molar-refractivity contribution is 0.0468. The number of methoxy groups -OCH3 is 1. The second-order valence-electron chi connectivity index (χ2n) is 4.05. The van der Waals surface area contributed by atoms with E-state index in [1.807, 2.05) is 0 Å². The van der Waals surface area contributed by atoms with Gasteiger partial charge in [0.2, 0.25) is 0 Å². The van der Waals surface area contributed by atoms with E-state index in [0.29, 0.717) is 17.0 Å². The van der Waals surface area contributed by atoms with Gasteiger partial charge in [0.25, 0.3) is 0 Å². The Hall–Kier alpha value is -2.63. The van der Waals surface area contributed by atoms with Crippen LogP contribution in [0.5, 0.6) is 5.75 Å². The lowest BCUT2D eigenvalue weighted by Gasteiger charge is -2.09. The number of hydrogen-bond acceptors (Lipinski definition) is 5. The molecule has 0 unspecified atom stereocenters. The van der Waals surface area contributed by atoms with Gasteiger partial charge in [-0.3, -0.25) is 4.98 Å². The number of rotatable bonds is 4. The quantitative estimate of drug-likeness (QED) is 0.684. The molecule has 0 spiro atoms. The van der Waals surface area contributed by atoms with Gasteiger partial charge in [-0.15, -0.1) is 0 Å². The lowest BCUT2D eigenvalue weighted by Crippen LogP contribution is -2.08. The number of ether oxygens (including phenoxy) is 2. The van der Waals surface area contributed by atoms with Gasteiger partial charge in [0, 0.05) is 23.5 Å². The van der Waals surface area contributed by atoms with Crippen LogP contribution in [0.4, 0.5) is 10.1 Å². The van der Waals surface area contributed by atoms with Gasteiger partial charge in [-0.1, -0.05) is 0 Å². The highest BCUT2D eigenvalue weighted by atomic mass is 19.1. The van der Waals surface area contributed by atoms with Crippen molar-refractivity contribution in [2.24, 2.45) is 0 Å². The molecule has 5 nitrogen and oxygen atoms in total. The van der Waals surface area contributed by atoms with Crippen molar-refractivity contribution in [1.82, 2.24) is 4.98 Å². The lowest BCUT2D eigenvalue weighted by atomic mass is 10.2. The molecule has 0 amide bonds. The molecule has 0 radical (unpaired) electrons. The van der Waals surface area contributed by atoms with Crippen LogP contribution in [0.15, 0.2) is 36.7 Å². The summed E-state index contributed by atoms with van der Waals surface area (Å²) in [5.41, 5.74) is 6.80. The topological polar surface area (TPSA) is 74.4 Å². The number of nitrogen functional groups attached to an aromatic ring is 1. The number of hydrogen-bond donors (Lipinski definition) is 1. The highest BCUT2D eigenvalue weighted by molar-refractivity contribution is 5.93. The van der Waals surface area contributed by atoms with Crippen LogP contribution < -0.4 is 10.5 Å². The predicted octanol–water partition coefficient (Wildman–Crippen LogP) is 2.17. The van der Waals surface area contributed by atoms with E-state index in [4.69, 9.17) is 15.2 Å². The van der Waals surface area contributed by atoms with Crippen LogP contribution in [0.25, 0.3) is 0 Å². The normalized spacial score (nSPS) is 10.1. The highest BCUT2D eigenvalue weighted by Gasteiger charge is 2.14. The van der Waals surface area contributed by atoms with Crippen molar-refractivity contribution in [1.29, 1.82) is 0 Å². The first-order chi connectivity index (χ1) is 9.60. The van der Waals surface area contributed by atoms with Crippen molar-refractivity contribution in [3.8, 4) is 5.75 Å². The molecule has 0 aliphatic heterocycles. The molecule has 0 bridgehead atoms. The summed E-state index contributed by atoms with van der Waals surface area (Å²) >= 11 is 0. The minimum atomic E-state index is -0.578. The molecule has 0 aliphatic carbocycles. The van der Waals surface area contributed by atoms with E-state index >= 15 is 0 Å². The van der Waals surface area contributed by atoms with Crippen molar-refractivity contribution < 1.29 is 18.7 Å². The Kier molecular flexibility index (Phi) is 4.14. The Labute approximate surface area is 115 Å². The van der Waals surface area contributed by atoms with Crippen LogP contribution in [0.1, 0.15) is 15.9 Å². The maximum absolute atomic E-state index is 12.9. The third-order valence-electron chi connectivity index (χ3n) is 2.58. The van der Waals surface area contributed by atoms with Crippen molar-refractivity contribution in [2.75, 3.05) is 12.8 Å². The van der Waals surface area contributed by atoms with E-state index < -0.39 is 11.8 Å². The Morgan fingerprint density at radius 2 is 2.15 bits per heavy atom. The minimum absolute atomic E-state index is 0.0723. The summed E-state index contributed by atoms with van der Waals surface area (Å²) in [7, 11) is 1.43. The van der Waals surface area contributed by atoms with Crippen molar-refractivity contribution in [3.63, 3.8) is 0 Å². The van der Waals surface area contributed by atoms with E-state index in [2.05, 4.69) is 4.98 Å². The molecule has 2 rings (SSSR count). The smallest absolute Gasteiger partial charge is 0.342 e. The molecule has 0 saturated heterocycles. The van der Waals surface area contributed by atoms with Crippen LogP contribution in [0.2, 0.25) is 0 Å². The van der Waals surface area contributed by atoms with Gasteiger partial charge < -0.3 is 15.2 Å². The third kappa shape index (κ3) is 3.23. The summed E-state index contributed by atoms with van der Waals surface area (Å²) < 4.78 is 23.1. The Bertz CT molecular complexity index is 632. The van der Waals surface area contributed by atoms with Gasteiger partial charge in [-0.2, -0.15) is 0 Å². The van der Waals surface area contributed by atoms with Crippen LogP contribution >= 0.6 is 0 Å². The molecule has 0 saturated carbocycles. The second-order valence-corrected chi connectivity index (χ2v) is 4.05. The molecule has 2 N–H and O–H groups in total. The molecule has 2 aromatic rings. The Morgan fingerprint density at radius 1 is 1.35 bits per heavy atom. The molecule has 0 fully saturated rings. The molecule has 0 atom stereocenters. The minimum Gasteiger partial charge on any atom is -0.496 e. The molecule has 104 valence electrons. The number of carbonyl (C=O) groups excluding carboxylic acids is 1. The molecule has 20 heavy (non-hydrogen) atoms. The number of halogens is 1. The van der Waals surface area contributed by atoms with Gasteiger partial charge in [0.05, 0.1) is 13.3 Å². The van der Waals surface area contributed by atoms with Crippen molar-refractivity contribution in [2.45, 2.75) is 6.61 Å². The zero-order chi connectivity index (χ0) is 14.5. The van der Waals surface area contributed by atoms with Gasteiger partial charge in [-0.25, -0.2) is 9.18 Å². The summed E-state index contributed by atoms with van der Waals surface area (Å²) in [4.78, 5) is 15.6. The molecule has 1 heterocycles. The monoisotopic (exact) mass is 276 g/mol. The van der Waals surface area contributed by atoms with Crippen LogP contribution in [-0.2, 0) is 11.3 Å². The number of aromatic nitrogens is 1. The van der Waals surface area contributed by atoms with E-state index in [9.17, 15) is 9.18 Å². The highest BCUT2D eigenvalue weighted by Crippen LogP contribution is 2.22. The maximum Gasteiger partial charge on any atom is 0.342 e. The summed E-state index contributed by atoms with van der Waals surface area (Å²) in [6, 6.07) is 5.87. The largest absolute Gasteiger partial charge is 0.496 e. The summed E-state index contributed by atoms with van der Waals surface area (Å²) in [5, 5.41) is 0. The third-order valence-corrected chi connectivity index (χ3v) is 2.58. The van der Waals surface area contributed by atoms with Crippen LogP contribution in [0, 0.1) is 5.82 Å². The number of carbonyl (C=O) groups is 1. The molecule has 1 aromatic heterocycles. The first-order valence-electron chi connectivity index (χ1n) is 5.80. The van der Waals surface area contributed by atoms with Crippen molar-refractivity contribution >= 4 is 11.7 Å². The fourth-order valence-electron chi connectivity index (χ4n) is 1.64. The molecule has 0 aliphatic rings. The van der Waals surface area contributed by atoms with E-state index in [1.165, 1.54) is 31.5 Å². The maximum atomic E-state index is 12.9. The Balaban J connectivity index is 2.09. The van der Waals surface area contributed by atoms with E-state index in [1.54, 1.807) is 6.07 Å². The number of nitrogens with zero attached hydrogens (tertiary/aromatic N) is 1. The number of pyridine rings is 1. The SMILES string of the molecule is COc1cc(N)ccc1C(=O)OCc1cncc(F)c1. The number of nitrogens with two attached hydrogens (primary N) is 1. The van der Waals surface area contributed by atoms with Gasteiger partial charge in [-0.05, 0) is 18.2 Å².